The van der Waals surface area contributed by atoms with Gasteiger partial charge < -0.3 is 5.11 Å². The fourth-order valence-corrected chi connectivity index (χ4v) is 1.03. The van der Waals surface area contributed by atoms with Crippen LogP contribution >= 0.6 is 0 Å². The molecule has 3 heteroatoms. The second-order valence-corrected chi connectivity index (χ2v) is 2.53. The molecule has 1 nitrogen and oxygen atoms in total. The minimum atomic E-state index is -0.538. The van der Waals surface area contributed by atoms with Gasteiger partial charge >= 0.3 is 0 Å². The molecule has 0 heterocycles. The van der Waals surface area contributed by atoms with Gasteiger partial charge in [-0.1, -0.05) is 6.07 Å². The van der Waals surface area contributed by atoms with Crippen molar-refractivity contribution >= 4 is 0 Å². The molecule has 0 amide bonds. The lowest BCUT2D eigenvalue weighted by Gasteiger charge is -2.02. The van der Waals surface area contributed by atoms with Gasteiger partial charge in [0.25, 0.3) is 0 Å². The first-order chi connectivity index (χ1) is 5.75. The van der Waals surface area contributed by atoms with E-state index in [1.807, 2.05) is 0 Å². The number of hydrogen-bond acceptors (Lipinski definition) is 1. The fourth-order valence-electron chi connectivity index (χ4n) is 1.03. The quantitative estimate of drug-likeness (QED) is 0.738. The molecule has 0 aliphatic heterocycles. The van der Waals surface area contributed by atoms with Gasteiger partial charge in [0.2, 0.25) is 0 Å². The molecule has 0 saturated carbocycles. The van der Waals surface area contributed by atoms with E-state index in [-0.39, 0.29) is 18.6 Å². The van der Waals surface area contributed by atoms with E-state index in [1.54, 1.807) is 0 Å². The van der Waals surface area contributed by atoms with Gasteiger partial charge in [0.05, 0.1) is 0 Å². The van der Waals surface area contributed by atoms with E-state index in [0.717, 1.165) is 0 Å². The summed E-state index contributed by atoms with van der Waals surface area (Å²) in [7, 11) is 0. The zero-order valence-electron chi connectivity index (χ0n) is 6.56. The third kappa shape index (κ3) is 2.01. The first-order valence-corrected chi connectivity index (χ1v) is 3.79. The molecule has 0 aromatic heterocycles. The topological polar surface area (TPSA) is 20.2 Å². The molecule has 0 aliphatic carbocycles. The van der Waals surface area contributed by atoms with E-state index in [1.165, 1.54) is 18.2 Å². The molecule has 0 aliphatic rings. The van der Waals surface area contributed by atoms with Crippen molar-refractivity contribution in [2.75, 3.05) is 6.61 Å². The minimum absolute atomic E-state index is 0.0478. The first-order valence-electron chi connectivity index (χ1n) is 3.79. The van der Waals surface area contributed by atoms with Crippen molar-refractivity contribution in [3.63, 3.8) is 0 Å². The van der Waals surface area contributed by atoms with Crippen LogP contribution < -0.4 is 0 Å². The summed E-state index contributed by atoms with van der Waals surface area (Å²) in [6, 6.07) is 3.76. The van der Waals surface area contributed by atoms with Gasteiger partial charge in [-0.25, -0.2) is 8.78 Å². The number of benzene rings is 1. The second-order valence-electron chi connectivity index (χ2n) is 2.53. The predicted molar refractivity (Wildman–Crippen MR) is 41.8 cm³/mol. The molecule has 0 bridgehead atoms. The molecule has 0 spiro atoms. The fraction of sp³-hybridized carbons (Fsp3) is 0.333. The third-order valence-electron chi connectivity index (χ3n) is 1.65. The van der Waals surface area contributed by atoms with Crippen LogP contribution in [0.5, 0.6) is 0 Å². The Balaban J connectivity index is 2.81. The largest absolute Gasteiger partial charge is 0.396 e. The van der Waals surface area contributed by atoms with Crippen molar-refractivity contribution in [2.45, 2.75) is 12.8 Å². The van der Waals surface area contributed by atoms with E-state index in [9.17, 15) is 8.78 Å². The molecule has 0 saturated heterocycles. The zero-order valence-corrected chi connectivity index (χ0v) is 6.56. The number of aliphatic hydroxyl groups is 1. The molecular formula is C9H10F2O. The van der Waals surface area contributed by atoms with Crippen LogP contribution in [-0.4, -0.2) is 11.7 Å². The molecule has 0 radical (unpaired) electrons. The summed E-state index contributed by atoms with van der Waals surface area (Å²) in [5.74, 6) is -1.08. The predicted octanol–water partition coefficient (Wildman–Crippen LogP) is 1.89. The van der Waals surface area contributed by atoms with Crippen LogP contribution in [0.25, 0.3) is 0 Å². The monoisotopic (exact) mass is 172 g/mol. The van der Waals surface area contributed by atoms with Gasteiger partial charge in [0.15, 0.2) is 0 Å². The van der Waals surface area contributed by atoms with Crippen molar-refractivity contribution in [1.29, 1.82) is 0 Å². The third-order valence-corrected chi connectivity index (χ3v) is 1.65. The lowest BCUT2D eigenvalue weighted by molar-refractivity contribution is 0.287. The van der Waals surface area contributed by atoms with E-state index >= 15 is 0 Å². The van der Waals surface area contributed by atoms with Crippen molar-refractivity contribution < 1.29 is 13.9 Å². The van der Waals surface area contributed by atoms with Crippen LogP contribution in [0.4, 0.5) is 8.78 Å². The van der Waals surface area contributed by atoms with Gasteiger partial charge in [0.1, 0.15) is 11.6 Å². The van der Waals surface area contributed by atoms with Gasteiger partial charge in [-0.05, 0) is 25.0 Å². The van der Waals surface area contributed by atoms with Crippen LogP contribution in [-0.2, 0) is 6.42 Å². The average Bonchev–Trinajstić information content (AvgIpc) is 2.04. The van der Waals surface area contributed by atoms with Gasteiger partial charge in [-0.3, -0.25) is 0 Å². The lowest BCUT2D eigenvalue weighted by atomic mass is 10.1. The molecular weight excluding hydrogens is 162 g/mol. The molecule has 0 fully saturated rings. The minimum Gasteiger partial charge on any atom is -0.396 e. The van der Waals surface area contributed by atoms with Crippen LogP contribution in [0.2, 0.25) is 0 Å². The van der Waals surface area contributed by atoms with Gasteiger partial charge in [0, 0.05) is 12.2 Å². The SMILES string of the molecule is OCCCc1c(F)cccc1F. The van der Waals surface area contributed by atoms with Crippen LogP contribution in [0.1, 0.15) is 12.0 Å². The molecule has 1 aromatic carbocycles. The molecule has 0 unspecified atom stereocenters. The Morgan fingerprint density at radius 1 is 1.17 bits per heavy atom. The molecule has 66 valence electrons. The number of halogens is 2. The number of aliphatic hydroxyl groups excluding tert-OH is 1. The van der Waals surface area contributed by atoms with Crippen molar-refractivity contribution in [3.05, 3.63) is 35.4 Å². The number of rotatable bonds is 3. The summed E-state index contributed by atoms with van der Waals surface area (Å²) in [5.41, 5.74) is 0.0616. The Bertz CT molecular complexity index is 240. The van der Waals surface area contributed by atoms with Crippen LogP contribution in [0.15, 0.2) is 18.2 Å². The lowest BCUT2D eigenvalue weighted by Crippen LogP contribution is -1.97. The Morgan fingerprint density at radius 3 is 2.25 bits per heavy atom. The average molecular weight is 172 g/mol. The zero-order chi connectivity index (χ0) is 8.97. The summed E-state index contributed by atoms with van der Waals surface area (Å²) >= 11 is 0. The molecule has 1 rings (SSSR count). The molecule has 0 atom stereocenters. The first kappa shape index (κ1) is 9.13. The highest BCUT2D eigenvalue weighted by Crippen LogP contribution is 2.13. The Kier molecular flexibility index (Phi) is 3.17. The van der Waals surface area contributed by atoms with Crippen LogP contribution in [0, 0.1) is 11.6 Å². The van der Waals surface area contributed by atoms with Crippen LogP contribution in [0.3, 0.4) is 0 Å². The van der Waals surface area contributed by atoms with E-state index in [0.29, 0.717) is 6.42 Å². The maximum absolute atomic E-state index is 12.9. The highest BCUT2D eigenvalue weighted by molar-refractivity contribution is 5.19. The summed E-state index contributed by atoms with van der Waals surface area (Å²) in [6.45, 7) is -0.0478. The number of hydrogen-bond donors (Lipinski definition) is 1. The normalized spacial score (nSPS) is 10.2. The Morgan fingerprint density at radius 2 is 1.75 bits per heavy atom. The maximum Gasteiger partial charge on any atom is 0.129 e. The van der Waals surface area contributed by atoms with Crippen molar-refractivity contribution in [3.8, 4) is 0 Å². The smallest absolute Gasteiger partial charge is 0.129 e. The summed E-state index contributed by atoms with van der Waals surface area (Å²) in [6.07, 6.45) is 0.632. The van der Waals surface area contributed by atoms with Crippen molar-refractivity contribution in [1.82, 2.24) is 0 Å². The highest BCUT2D eigenvalue weighted by Gasteiger charge is 2.06. The van der Waals surface area contributed by atoms with Crippen molar-refractivity contribution in [2.24, 2.45) is 0 Å². The van der Waals surface area contributed by atoms with Gasteiger partial charge in [-0.2, -0.15) is 0 Å². The Labute approximate surface area is 69.7 Å². The highest BCUT2D eigenvalue weighted by atomic mass is 19.1. The van der Waals surface area contributed by atoms with E-state index < -0.39 is 11.6 Å². The molecule has 12 heavy (non-hydrogen) atoms. The van der Waals surface area contributed by atoms with E-state index in [2.05, 4.69) is 0 Å². The summed E-state index contributed by atoms with van der Waals surface area (Å²) in [5, 5.41) is 8.46. The maximum atomic E-state index is 12.9. The van der Waals surface area contributed by atoms with E-state index in [4.69, 9.17) is 5.11 Å². The summed E-state index contributed by atoms with van der Waals surface area (Å²) < 4.78 is 25.7. The van der Waals surface area contributed by atoms with Gasteiger partial charge in [-0.15, -0.1) is 0 Å². The Hall–Kier alpha value is -0.960. The standard InChI is InChI=1S/C9H10F2O/c10-8-4-1-5-9(11)7(8)3-2-6-12/h1,4-5,12H,2-3,6H2. The molecule has 1 N–H and O–H groups in total. The second kappa shape index (κ2) is 4.16. The summed E-state index contributed by atoms with van der Waals surface area (Å²) in [4.78, 5) is 0. The molecule has 1 aromatic rings.